The van der Waals surface area contributed by atoms with Crippen molar-refractivity contribution in [3.05, 3.63) is 54.1 Å². The number of imidazole rings is 1. The third-order valence-electron chi connectivity index (χ3n) is 6.80. The van der Waals surface area contributed by atoms with Crippen LogP contribution in [0.5, 0.6) is 0 Å². The molecule has 3 heterocycles. The van der Waals surface area contributed by atoms with Crippen LogP contribution in [0.15, 0.2) is 46.3 Å². The Bertz CT molecular complexity index is 1580. The van der Waals surface area contributed by atoms with Gasteiger partial charge in [-0.3, -0.25) is 4.40 Å². The number of benzene rings is 1. The molecule has 0 aliphatic heterocycles. The number of nitrogen functional groups attached to an aromatic ring is 1. The van der Waals surface area contributed by atoms with Crippen LogP contribution in [-0.4, -0.2) is 38.5 Å². The molecule has 3 fully saturated rings. The van der Waals surface area contributed by atoms with E-state index in [1.165, 1.54) is 29.1 Å². The number of fused-ring (bicyclic) bond motifs is 1. The van der Waals surface area contributed by atoms with E-state index in [1.807, 2.05) is 0 Å². The first-order chi connectivity index (χ1) is 16.4. The second-order valence-electron chi connectivity index (χ2n) is 9.27. The number of aryl methyl sites for hydroxylation is 1. The predicted molar refractivity (Wildman–Crippen MR) is 115 cm³/mol. The Morgan fingerprint density at radius 2 is 1.94 bits per heavy atom. The van der Waals surface area contributed by atoms with Gasteiger partial charge in [-0.25, -0.2) is 23.1 Å². The Hall–Kier alpha value is -3.52. The molecule has 35 heavy (non-hydrogen) atoms. The van der Waals surface area contributed by atoms with Crippen LogP contribution in [0.25, 0.3) is 16.9 Å². The van der Waals surface area contributed by atoms with Gasteiger partial charge in [0.25, 0.3) is 0 Å². The summed E-state index contributed by atoms with van der Waals surface area (Å²) in [4.78, 5) is 11.6. The standard InChI is InChI=1S/C21H18F3N7O3S/c1-11-2-3-12(35(32,33)30-20-7-19(8-20,9-20)18-27-10-28-34-18)4-13(11)14-5-26-17-16(25)29-15(6-31(14)17)21(22,23)24/h2-6,10,30H,7-9H2,1H3,(H2,25,29). The van der Waals surface area contributed by atoms with Crippen LogP contribution in [0.2, 0.25) is 0 Å². The summed E-state index contributed by atoms with van der Waals surface area (Å²) in [5, 5.41) is 3.62. The lowest BCUT2D eigenvalue weighted by molar-refractivity contribution is -0.141. The summed E-state index contributed by atoms with van der Waals surface area (Å²) in [6.45, 7) is 1.73. The molecule has 0 amide bonds. The molecule has 0 spiro atoms. The SMILES string of the molecule is Cc1ccc(S(=O)(=O)NC23CC(c4ncno4)(C2)C3)cc1-c1cnc2c(N)nc(C(F)(F)F)cn12. The van der Waals surface area contributed by atoms with Gasteiger partial charge >= 0.3 is 6.18 Å². The minimum absolute atomic E-state index is 0.0114. The lowest BCUT2D eigenvalue weighted by Crippen LogP contribution is -2.76. The van der Waals surface area contributed by atoms with E-state index in [0.29, 0.717) is 36.3 Å². The molecule has 3 N–H and O–H groups in total. The maximum absolute atomic E-state index is 13.3. The average molecular weight is 505 g/mol. The first-order valence-electron chi connectivity index (χ1n) is 10.5. The third kappa shape index (κ3) is 3.23. The Morgan fingerprint density at radius 3 is 2.60 bits per heavy atom. The summed E-state index contributed by atoms with van der Waals surface area (Å²) in [6, 6.07) is 4.48. The van der Waals surface area contributed by atoms with Gasteiger partial charge in [-0.1, -0.05) is 11.2 Å². The Kier molecular flexibility index (Phi) is 4.26. The molecule has 0 unspecified atom stereocenters. The highest BCUT2D eigenvalue weighted by Gasteiger charge is 2.72. The number of nitrogens with zero attached hydrogens (tertiary/aromatic N) is 5. The van der Waals surface area contributed by atoms with Gasteiger partial charge in [0.1, 0.15) is 0 Å². The number of sulfonamides is 1. The molecule has 0 atom stereocenters. The molecule has 10 nitrogen and oxygen atoms in total. The van der Waals surface area contributed by atoms with Gasteiger partial charge in [0.05, 0.1) is 22.2 Å². The predicted octanol–water partition coefficient (Wildman–Crippen LogP) is 2.84. The van der Waals surface area contributed by atoms with Gasteiger partial charge < -0.3 is 10.3 Å². The Morgan fingerprint density at radius 1 is 1.20 bits per heavy atom. The van der Waals surface area contributed by atoms with Crippen LogP contribution >= 0.6 is 0 Å². The molecule has 14 heteroatoms. The van der Waals surface area contributed by atoms with Crippen molar-refractivity contribution in [3.8, 4) is 11.3 Å². The Labute approximate surface area is 196 Å². The summed E-state index contributed by atoms with van der Waals surface area (Å²) in [6.07, 6.45) is 0.414. The minimum atomic E-state index is -4.71. The number of aromatic nitrogens is 5. The van der Waals surface area contributed by atoms with Gasteiger partial charge in [0.2, 0.25) is 15.9 Å². The molecule has 7 rings (SSSR count). The van der Waals surface area contributed by atoms with E-state index in [4.69, 9.17) is 10.3 Å². The molecule has 182 valence electrons. The molecular formula is C21H18F3N7O3S. The molecule has 3 aliphatic carbocycles. The zero-order valence-corrected chi connectivity index (χ0v) is 19.0. The summed E-state index contributed by atoms with van der Waals surface area (Å²) in [7, 11) is -3.92. The van der Waals surface area contributed by atoms with Crippen molar-refractivity contribution in [2.24, 2.45) is 0 Å². The van der Waals surface area contributed by atoms with Crippen molar-refractivity contribution in [1.29, 1.82) is 0 Å². The van der Waals surface area contributed by atoms with Crippen LogP contribution in [0.4, 0.5) is 19.0 Å². The van der Waals surface area contributed by atoms with E-state index in [1.54, 1.807) is 13.0 Å². The van der Waals surface area contributed by atoms with E-state index in [0.717, 1.165) is 6.20 Å². The van der Waals surface area contributed by atoms with Crippen LogP contribution in [0.3, 0.4) is 0 Å². The molecule has 2 bridgehead atoms. The minimum Gasteiger partial charge on any atom is -0.381 e. The van der Waals surface area contributed by atoms with Crippen molar-refractivity contribution < 1.29 is 26.1 Å². The zero-order valence-electron chi connectivity index (χ0n) is 18.2. The van der Waals surface area contributed by atoms with Crippen LogP contribution in [0, 0.1) is 6.92 Å². The van der Waals surface area contributed by atoms with Crippen molar-refractivity contribution in [2.45, 2.75) is 48.2 Å². The van der Waals surface area contributed by atoms with Crippen molar-refractivity contribution in [1.82, 2.24) is 29.2 Å². The summed E-state index contributed by atoms with van der Waals surface area (Å²) in [5.74, 6) is 0.128. The number of rotatable bonds is 5. The molecule has 4 aromatic rings. The lowest BCUT2D eigenvalue weighted by atomic mass is 9.40. The molecule has 3 saturated carbocycles. The fraction of sp³-hybridized carbons (Fsp3) is 0.333. The lowest BCUT2D eigenvalue weighted by Gasteiger charge is -2.68. The molecule has 3 aliphatic rings. The number of hydrogen-bond donors (Lipinski definition) is 2. The number of anilines is 1. The fourth-order valence-electron chi connectivity index (χ4n) is 5.27. The quantitative estimate of drug-likeness (QED) is 0.422. The first-order valence-corrected chi connectivity index (χ1v) is 12.0. The zero-order chi connectivity index (χ0) is 24.8. The maximum atomic E-state index is 13.3. The first kappa shape index (κ1) is 22.0. The smallest absolute Gasteiger partial charge is 0.381 e. The van der Waals surface area contributed by atoms with Crippen LogP contribution in [-0.2, 0) is 21.6 Å². The number of hydrogen-bond acceptors (Lipinski definition) is 8. The second-order valence-corrected chi connectivity index (χ2v) is 10.9. The third-order valence-corrected chi connectivity index (χ3v) is 8.38. The second kappa shape index (κ2) is 6.79. The van der Waals surface area contributed by atoms with E-state index < -0.39 is 27.4 Å². The molecule has 3 aromatic heterocycles. The summed E-state index contributed by atoms with van der Waals surface area (Å²) in [5.41, 5.74) is 5.02. The normalized spacial score (nSPS) is 23.8. The van der Waals surface area contributed by atoms with Gasteiger partial charge in [-0.2, -0.15) is 18.2 Å². The van der Waals surface area contributed by atoms with Crippen molar-refractivity contribution in [3.63, 3.8) is 0 Å². The van der Waals surface area contributed by atoms with E-state index in [-0.39, 0.29) is 27.5 Å². The number of halogens is 3. The molecule has 0 radical (unpaired) electrons. The van der Waals surface area contributed by atoms with E-state index >= 15 is 0 Å². The fourth-order valence-corrected chi connectivity index (χ4v) is 6.69. The summed E-state index contributed by atoms with van der Waals surface area (Å²) < 4.78 is 75.5. The highest BCUT2D eigenvalue weighted by atomic mass is 32.2. The molecular weight excluding hydrogens is 487 g/mol. The number of nitrogens with two attached hydrogens (primary N) is 1. The number of nitrogens with one attached hydrogen (secondary N) is 1. The van der Waals surface area contributed by atoms with Gasteiger partial charge in [0.15, 0.2) is 23.5 Å². The average Bonchev–Trinajstić information content (AvgIpc) is 3.39. The topological polar surface area (TPSA) is 141 Å². The van der Waals surface area contributed by atoms with E-state index in [9.17, 15) is 21.6 Å². The van der Waals surface area contributed by atoms with Crippen LogP contribution < -0.4 is 10.5 Å². The van der Waals surface area contributed by atoms with E-state index in [2.05, 4.69) is 24.8 Å². The largest absolute Gasteiger partial charge is 0.434 e. The van der Waals surface area contributed by atoms with Crippen LogP contribution in [0.1, 0.15) is 36.4 Å². The molecule has 0 saturated heterocycles. The van der Waals surface area contributed by atoms with Gasteiger partial charge in [-0.15, -0.1) is 0 Å². The van der Waals surface area contributed by atoms with Crippen molar-refractivity contribution >= 4 is 21.5 Å². The highest BCUT2D eigenvalue weighted by molar-refractivity contribution is 7.89. The monoisotopic (exact) mass is 505 g/mol. The Balaban J connectivity index is 1.34. The van der Waals surface area contributed by atoms with Gasteiger partial charge in [0, 0.05) is 17.3 Å². The van der Waals surface area contributed by atoms with Crippen molar-refractivity contribution in [2.75, 3.05) is 5.73 Å². The molecule has 1 aromatic carbocycles. The maximum Gasteiger partial charge on any atom is 0.434 e. The number of alkyl halides is 3. The highest BCUT2D eigenvalue weighted by Crippen LogP contribution is 2.67. The summed E-state index contributed by atoms with van der Waals surface area (Å²) >= 11 is 0. The van der Waals surface area contributed by atoms with Gasteiger partial charge in [-0.05, 0) is 43.9 Å².